The summed E-state index contributed by atoms with van der Waals surface area (Å²) in [5.74, 6) is 0.581. The summed E-state index contributed by atoms with van der Waals surface area (Å²) >= 11 is 0. The van der Waals surface area contributed by atoms with Crippen molar-refractivity contribution in [2.24, 2.45) is 0 Å². The normalized spacial score (nSPS) is 10.1. The SMILES string of the molecule is CCOc1ncccc1CNC(=O)CCc1cccnc1. The van der Waals surface area contributed by atoms with Gasteiger partial charge in [-0.3, -0.25) is 9.78 Å². The molecule has 2 heterocycles. The standard InChI is InChI=1S/C16H19N3O2/c1-2-21-16-14(6-4-10-18-16)12-19-15(20)8-7-13-5-3-9-17-11-13/h3-6,9-11H,2,7-8,12H2,1H3,(H,19,20). The highest BCUT2D eigenvalue weighted by molar-refractivity contribution is 5.76. The van der Waals surface area contributed by atoms with E-state index in [4.69, 9.17) is 4.74 Å². The van der Waals surface area contributed by atoms with Crippen LogP contribution in [-0.4, -0.2) is 22.5 Å². The quantitative estimate of drug-likeness (QED) is 0.846. The van der Waals surface area contributed by atoms with E-state index < -0.39 is 0 Å². The fraction of sp³-hybridized carbons (Fsp3) is 0.312. The van der Waals surface area contributed by atoms with E-state index in [1.165, 1.54) is 0 Å². The molecule has 0 aliphatic heterocycles. The van der Waals surface area contributed by atoms with Gasteiger partial charge in [-0.1, -0.05) is 12.1 Å². The molecule has 2 aromatic heterocycles. The first-order valence-corrected chi connectivity index (χ1v) is 7.02. The number of amides is 1. The molecule has 0 aliphatic carbocycles. The van der Waals surface area contributed by atoms with E-state index in [2.05, 4.69) is 15.3 Å². The van der Waals surface area contributed by atoms with Crippen molar-refractivity contribution in [1.29, 1.82) is 0 Å². The van der Waals surface area contributed by atoms with Crippen molar-refractivity contribution < 1.29 is 9.53 Å². The predicted molar refractivity (Wildman–Crippen MR) is 79.8 cm³/mol. The lowest BCUT2D eigenvalue weighted by Crippen LogP contribution is -2.23. The van der Waals surface area contributed by atoms with Gasteiger partial charge in [-0.25, -0.2) is 4.98 Å². The van der Waals surface area contributed by atoms with Gasteiger partial charge in [-0.2, -0.15) is 0 Å². The summed E-state index contributed by atoms with van der Waals surface area (Å²) in [5.41, 5.74) is 1.94. The van der Waals surface area contributed by atoms with Crippen LogP contribution in [0.5, 0.6) is 5.88 Å². The fourth-order valence-electron chi connectivity index (χ4n) is 1.91. The van der Waals surface area contributed by atoms with Crippen LogP contribution in [0, 0.1) is 0 Å². The summed E-state index contributed by atoms with van der Waals surface area (Å²) in [6, 6.07) is 7.57. The minimum absolute atomic E-state index is 0.00477. The van der Waals surface area contributed by atoms with E-state index >= 15 is 0 Å². The van der Waals surface area contributed by atoms with Gasteiger partial charge in [-0.15, -0.1) is 0 Å². The van der Waals surface area contributed by atoms with E-state index in [9.17, 15) is 4.79 Å². The number of carbonyl (C=O) groups excluding carboxylic acids is 1. The second kappa shape index (κ2) is 7.99. The van der Waals surface area contributed by atoms with Crippen LogP contribution in [-0.2, 0) is 17.8 Å². The summed E-state index contributed by atoms with van der Waals surface area (Å²) in [7, 11) is 0. The molecule has 0 bridgehead atoms. The largest absolute Gasteiger partial charge is 0.478 e. The van der Waals surface area contributed by atoms with Crippen LogP contribution in [0.2, 0.25) is 0 Å². The van der Waals surface area contributed by atoms with Crippen molar-refractivity contribution in [2.75, 3.05) is 6.61 Å². The van der Waals surface area contributed by atoms with Crippen LogP contribution in [0.1, 0.15) is 24.5 Å². The lowest BCUT2D eigenvalue weighted by molar-refractivity contribution is -0.121. The summed E-state index contributed by atoms with van der Waals surface area (Å²) in [6.45, 7) is 2.89. The lowest BCUT2D eigenvalue weighted by atomic mass is 10.1. The summed E-state index contributed by atoms with van der Waals surface area (Å²) in [6.07, 6.45) is 6.31. The average molecular weight is 285 g/mol. The molecule has 0 spiro atoms. The monoisotopic (exact) mass is 285 g/mol. The molecule has 1 amide bonds. The van der Waals surface area contributed by atoms with Gasteiger partial charge >= 0.3 is 0 Å². The van der Waals surface area contributed by atoms with E-state index in [1.807, 2.05) is 31.2 Å². The first kappa shape index (κ1) is 15.0. The highest BCUT2D eigenvalue weighted by Crippen LogP contribution is 2.13. The second-order valence-corrected chi connectivity index (χ2v) is 4.54. The lowest BCUT2D eigenvalue weighted by Gasteiger charge is -2.09. The third-order valence-electron chi connectivity index (χ3n) is 2.97. The van der Waals surface area contributed by atoms with E-state index in [1.54, 1.807) is 18.6 Å². The minimum Gasteiger partial charge on any atom is -0.478 e. The Kier molecular flexibility index (Phi) is 5.70. The zero-order valence-electron chi connectivity index (χ0n) is 12.1. The van der Waals surface area contributed by atoms with Crippen LogP contribution in [0.15, 0.2) is 42.9 Å². The molecule has 5 heteroatoms. The Hall–Kier alpha value is -2.43. The third-order valence-corrected chi connectivity index (χ3v) is 2.97. The Labute approximate surface area is 124 Å². The van der Waals surface area contributed by atoms with Gasteiger partial charge in [0.15, 0.2) is 0 Å². The molecule has 0 saturated carbocycles. The van der Waals surface area contributed by atoms with Crippen molar-refractivity contribution in [3.63, 3.8) is 0 Å². The van der Waals surface area contributed by atoms with E-state index in [0.717, 1.165) is 11.1 Å². The second-order valence-electron chi connectivity index (χ2n) is 4.54. The topological polar surface area (TPSA) is 64.1 Å². The number of aryl methyl sites for hydroxylation is 1. The van der Waals surface area contributed by atoms with E-state index in [0.29, 0.717) is 31.9 Å². The maximum absolute atomic E-state index is 11.9. The first-order chi connectivity index (χ1) is 10.3. The summed E-state index contributed by atoms with van der Waals surface area (Å²) in [5, 5.41) is 2.89. The Morgan fingerprint density at radius 2 is 2.14 bits per heavy atom. The van der Waals surface area contributed by atoms with Crippen molar-refractivity contribution in [3.8, 4) is 5.88 Å². The highest BCUT2D eigenvalue weighted by atomic mass is 16.5. The van der Waals surface area contributed by atoms with Crippen LogP contribution in [0.3, 0.4) is 0 Å². The number of nitrogens with one attached hydrogen (secondary N) is 1. The van der Waals surface area contributed by atoms with Crippen LogP contribution >= 0.6 is 0 Å². The number of nitrogens with zero attached hydrogens (tertiary/aromatic N) is 2. The molecule has 0 aromatic carbocycles. The molecule has 5 nitrogen and oxygen atoms in total. The zero-order valence-corrected chi connectivity index (χ0v) is 12.1. The summed E-state index contributed by atoms with van der Waals surface area (Å²) in [4.78, 5) is 20.1. The number of pyridine rings is 2. The Morgan fingerprint density at radius 3 is 2.90 bits per heavy atom. The first-order valence-electron chi connectivity index (χ1n) is 7.02. The molecule has 0 saturated heterocycles. The zero-order chi connectivity index (χ0) is 14.9. The molecular weight excluding hydrogens is 266 g/mol. The van der Waals surface area contributed by atoms with Crippen LogP contribution in [0.4, 0.5) is 0 Å². The van der Waals surface area contributed by atoms with Gasteiger partial charge in [0.25, 0.3) is 0 Å². The Morgan fingerprint density at radius 1 is 1.29 bits per heavy atom. The van der Waals surface area contributed by atoms with Crippen LogP contribution < -0.4 is 10.1 Å². The highest BCUT2D eigenvalue weighted by Gasteiger charge is 2.07. The fourth-order valence-corrected chi connectivity index (χ4v) is 1.91. The summed E-state index contributed by atoms with van der Waals surface area (Å²) < 4.78 is 5.43. The van der Waals surface area contributed by atoms with Gasteiger partial charge in [-0.05, 0) is 31.0 Å². The van der Waals surface area contributed by atoms with Gasteiger partial charge < -0.3 is 10.1 Å². The van der Waals surface area contributed by atoms with Gasteiger partial charge in [0.2, 0.25) is 11.8 Å². The Bertz CT molecular complexity index is 573. The van der Waals surface area contributed by atoms with Gasteiger partial charge in [0.05, 0.1) is 6.61 Å². The molecule has 1 N–H and O–H groups in total. The average Bonchev–Trinajstić information content (AvgIpc) is 2.53. The molecule has 0 unspecified atom stereocenters. The predicted octanol–water partition coefficient (Wildman–Crippen LogP) is 2.12. The number of ether oxygens (including phenoxy) is 1. The number of hydrogen-bond donors (Lipinski definition) is 1. The molecule has 0 radical (unpaired) electrons. The molecule has 21 heavy (non-hydrogen) atoms. The maximum atomic E-state index is 11.9. The van der Waals surface area contributed by atoms with Crippen LogP contribution in [0.25, 0.3) is 0 Å². The number of rotatable bonds is 7. The van der Waals surface area contributed by atoms with Crippen molar-refractivity contribution in [2.45, 2.75) is 26.3 Å². The minimum atomic E-state index is 0.00477. The molecule has 2 rings (SSSR count). The van der Waals surface area contributed by atoms with Crippen molar-refractivity contribution >= 4 is 5.91 Å². The molecular formula is C16H19N3O2. The smallest absolute Gasteiger partial charge is 0.220 e. The third kappa shape index (κ3) is 4.87. The molecule has 0 atom stereocenters. The van der Waals surface area contributed by atoms with Crippen molar-refractivity contribution in [3.05, 3.63) is 54.0 Å². The Balaban J connectivity index is 1.81. The van der Waals surface area contributed by atoms with Crippen molar-refractivity contribution in [1.82, 2.24) is 15.3 Å². The molecule has 2 aromatic rings. The van der Waals surface area contributed by atoms with Gasteiger partial charge in [0.1, 0.15) is 0 Å². The number of aromatic nitrogens is 2. The maximum Gasteiger partial charge on any atom is 0.220 e. The number of hydrogen-bond acceptors (Lipinski definition) is 4. The molecule has 0 fully saturated rings. The van der Waals surface area contributed by atoms with E-state index in [-0.39, 0.29) is 5.91 Å². The number of carbonyl (C=O) groups is 1. The molecule has 110 valence electrons. The van der Waals surface area contributed by atoms with Gasteiger partial charge in [0, 0.05) is 37.1 Å². The molecule has 0 aliphatic rings.